The summed E-state index contributed by atoms with van der Waals surface area (Å²) in [5, 5.41) is 11.8. The van der Waals surface area contributed by atoms with E-state index in [4.69, 9.17) is 0 Å². The minimum absolute atomic E-state index is 0.0788. The monoisotopic (exact) mass is 386 g/mol. The highest BCUT2D eigenvalue weighted by Crippen LogP contribution is 2.39. The fourth-order valence-corrected chi connectivity index (χ4v) is 3.27. The molecule has 0 saturated carbocycles. The SMILES string of the molecule is CC(=O)Nc1cc(C(=O)N2CCC(C(=O)O)(C(C)C)C2)cc(C(F)(F)F)c1. The van der Waals surface area contributed by atoms with Crippen molar-refractivity contribution in [2.75, 3.05) is 18.4 Å². The van der Waals surface area contributed by atoms with Crippen LogP contribution in [0.2, 0.25) is 0 Å². The van der Waals surface area contributed by atoms with E-state index in [-0.39, 0.29) is 36.7 Å². The van der Waals surface area contributed by atoms with E-state index in [2.05, 4.69) is 5.32 Å². The molecule has 0 aliphatic carbocycles. The van der Waals surface area contributed by atoms with E-state index in [0.29, 0.717) is 6.07 Å². The second-order valence-electron chi connectivity index (χ2n) is 7.07. The lowest BCUT2D eigenvalue weighted by molar-refractivity contribution is -0.150. The van der Waals surface area contributed by atoms with Crippen LogP contribution in [0.1, 0.15) is 43.1 Å². The molecule has 6 nitrogen and oxygen atoms in total. The zero-order chi connectivity index (χ0) is 20.6. The summed E-state index contributed by atoms with van der Waals surface area (Å²) in [6.45, 7) is 4.67. The van der Waals surface area contributed by atoms with Crippen LogP contribution >= 0.6 is 0 Å². The van der Waals surface area contributed by atoms with Gasteiger partial charge in [0, 0.05) is 31.3 Å². The van der Waals surface area contributed by atoms with Gasteiger partial charge in [-0.1, -0.05) is 13.8 Å². The number of nitrogens with zero attached hydrogens (tertiary/aromatic N) is 1. The van der Waals surface area contributed by atoms with Gasteiger partial charge >= 0.3 is 12.1 Å². The van der Waals surface area contributed by atoms with Gasteiger partial charge in [0.25, 0.3) is 5.91 Å². The Balaban J connectivity index is 2.38. The van der Waals surface area contributed by atoms with E-state index in [1.807, 2.05) is 0 Å². The maximum atomic E-state index is 13.1. The van der Waals surface area contributed by atoms with Gasteiger partial charge in [-0.2, -0.15) is 13.2 Å². The Morgan fingerprint density at radius 1 is 1.22 bits per heavy atom. The Bertz CT molecular complexity index is 776. The summed E-state index contributed by atoms with van der Waals surface area (Å²) in [4.78, 5) is 36.9. The first kappa shape index (κ1) is 20.7. The van der Waals surface area contributed by atoms with Gasteiger partial charge in [0.05, 0.1) is 11.0 Å². The van der Waals surface area contributed by atoms with Crippen LogP contribution in [0.3, 0.4) is 0 Å². The molecule has 1 fully saturated rings. The fraction of sp³-hybridized carbons (Fsp3) is 0.500. The van der Waals surface area contributed by atoms with E-state index in [9.17, 15) is 32.7 Å². The number of hydrogen-bond acceptors (Lipinski definition) is 3. The number of carbonyl (C=O) groups is 3. The number of benzene rings is 1. The highest BCUT2D eigenvalue weighted by molar-refractivity contribution is 5.97. The van der Waals surface area contributed by atoms with Crippen molar-refractivity contribution in [3.63, 3.8) is 0 Å². The number of carboxylic acids is 1. The number of rotatable bonds is 4. The van der Waals surface area contributed by atoms with Crippen molar-refractivity contribution in [1.29, 1.82) is 0 Å². The van der Waals surface area contributed by atoms with Crippen LogP contribution in [0.25, 0.3) is 0 Å². The molecule has 1 aromatic carbocycles. The number of halogens is 3. The molecule has 2 N–H and O–H groups in total. The Morgan fingerprint density at radius 2 is 1.85 bits per heavy atom. The van der Waals surface area contributed by atoms with Crippen molar-refractivity contribution >= 4 is 23.5 Å². The van der Waals surface area contributed by atoms with E-state index in [1.54, 1.807) is 13.8 Å². The Labute approximate surface area is 154 Å². The Hall–Kier alpha value is -2.58. The summed E-state index contributed by atoms with van der Waals surface area (Å²) in [5.41, 5.74) is -2.59. The van der Waals surface area contributed by atoms with Gasteiger partial charge in [-0.05, 0) is 30.5 Å². The van der Waals surface area contributed by atoms with E-state index in [0.717, 1.165) is 19.1 Å². The molecule has 1 saturated heterocycles. The first-order valence-electron chi connectivity index (χ1n) is 8.39. The maximum Gasteiger partial charge on any atom is 0.416 e. The number of likely N-dealkylation sites (tertiary alicyclic amines) is 1. The topological polar surface area (TPSA) is 86.7 Å². The molecule has 27 heavy (non-hydrogen) atoms. The van der Waals surface area contributed by atoms with Crippen LogP contribution in [0.5, 0.6) is 0 Å². The lowest BCUT2D eigenvalue weighted by Gasteiger charge is -2.28. The van der Waals surface area contributed by atoms with Gasteiger partial charge in [0.1, 0.15) is 0 Å². The second-order valence-corrected chi connectivity index (χ2v) is 7.07. The zero-order valence-electron chi connectivity index (χ0n) is 15.2. The molecule has 0 bridgehead atoms. The third-order valence-electron chi connectivity index (χ3n) is 4.95. The molecular weight excluding hydrogens is 365 g/mol. The van der Waals surface area contributed by atoms with Crippen molar-refractivity contribution in [2.24, 2.45) is 11.3 Å². The summed E-state index contributed by atoms with van der Waals surface area (Å²) in [5.74, 6) is -2.55. The molecule has 1 atom stereocenters. The first-order chi connectivity index (χ1) is 12.4. The molecule has 1 aliphatic rings. The molecule has 2 rings (SSSR count). The lowest BCUT2D eigenvalue weighted by atomic mass is 9.76. The van der Waals surface area contributed by atoms with Gasteiger partial charge in [-0.15, -0.1) is 0 Å². The molecule has 2 amide bonds. The summed E-state index contributed by atoms with van der Waals surface area (Å²) >= 11 is 0. The minimum atomic E-state index is -4.70. The molecule has 1 heterocycles. The smallest absolute Gasteiger partial charge is 0.416 e. The van der Waals surface area contributed by atoms with Crippen LogP contribution in [0.4, 0.5) is 18.9 Å². The normalized spacial score (nSPS) is 20.0. The Morgan fingerprint density at radius 3 is 2.30 bits per heavy atom. The number of carbonyl (C=O) groups excluding carboxylic acids is 2. The van der Waals surface area contributed by atoms with Crippen molar-refractivity contribution in [3.05, 3.63) is 29.3 Å². The van der Waals surface area contributed by atoms with Crippen LogP contribution < -0.4 is 5.32 Å². The van der Waals surface area contributed by atoms with E-state index < -0.39 is 34.9 Å². The molecule has 148 valence electrons. The number of amides is 2. The number of carboxylic acid groups (broad SMARTS) is 1. The molecule has 0 spiro atoms. The highest BCUT2D eigenvalue weighted by atomic mass is 19.4. The summed E-state index contributed by atoms with van der Waals surface area (Å²) in [6.07, 6.45) is -4.47. The second kappa shape index (κ2) is 7.21. The average Bonchev–Trinajstić information content (AvgIpc) is 2.99. The largest absolute Gasteiger partial charge is 0.481 e. The van der Waals surface area contributed by atoms with Crippen molar-refractivity contribution in [2.45, 2.75) is 33.4 Å². The summed E-state index contributed by atoms with van der Waals surface area (Å²) in [7, 11) is 0. The predicted molar refractivity (Wildman–Crippen MR) is 91.2 cm³/mol. The van der Waals surface area contributed by atoms with Gasteiger partial charge in [-0.3, -0.25) is 14.4 Å². The lowest BCUT2D eigenvalue weighted by Crippen LogP contribution is -2.40. The van der Waals surface area contributed by atoms with Crippen molar-refractivity contribution < 1.29 is 32.7 Å². The molecular formula is C18H21F3N2O4. The molecule has 1 unspecified atom stereocenters. The van der Waals surface area contributed by atoms with E-state index in [1.165, 1.54) is 4.90 Å². The quantitative estimate of drug-likeness (QED) is 0.832. The number of alkyl halides is 3. The van der Waals surface area contributed by atoms with Crippen LogP contribution in [-0.2, 0) is 15.8 Å². The third-order valence-corrected chi connectivity index (χ3v) is 4.95. The maximum absolute atomic E-state index is 13.1. The number of anilines is 1. The van der Waals surface area contributed by atoms with Crippen molar-refractivity contribution in [1.82, 2.24) is 4.90 Å². The van der Waals surface area contributed by atoms with Crippen molar-refractivity contribution in [3.8, 4) is 0 Å². The predicted octanol–water partition coefficient (Wildman–Crippen LogP) is 3.24. The molecule has 1 aliphatic heterocycles. The Kier molecular flexibility index (Phi) is 5.53. The van der Waals surface area contributed by atoms with Gasteiger partial charge < -0.3 is 15.3 Å². The number of hydrogen-bond donors (Lipinski definition) is 2. The molecule has 0 aromatic heterocycles. The minimum Gasteiger partial charge on any atom is -0.481 e. The molecule has 9 heteroatoms. The average molecular weight is 386 g/mol. The van der Waals surface area contributed by atoms with E-state index >= 15 is 0 Å². The summed E-state index contributed by atoms with van der Waals surface area (Å²) in [6, 6.07) is 2.62. The first-order valence-corrected chi connectivity index (χ1v) is 8.39. The third kappa shape index (κ3) is 4.23. The fourth-order valence-electron chi connectivity index (χ4n) is 3.27. The standard InChI is InChI=1S/C18H21F3N2O4/c1-10(2)17(16(26)27)4-5-23(9-17)15(25)12-6-13(18(19,20)21)8-14(7-12)22-11(3)24/h6-8,10H,4-5,9H2,1-3H3,(H,22,24)(H,26,27). The zero-order valence-corrected chi connectivity index (χ0v) is 15.2. The van der Waals surface area contributed by atoms with Gasteiger partial charge in [0.2, 0.25) is 5.91 Å². The van der Waals surface area contributed by atoms with Gasteiger partial charge in [-0.25, -0.2) is 0 Å². The number of aliphatic carboxylic acids is 1. The summed E-state index contributed by atoms with van der Waals surface area (Å²) < 4.78 is 39.4. The number of nitrogens with one attached hydrogen (secondary N) is 1. The van der Waals surface area contributed by atoms with Crippen LogP contribution in [-0.4, -0.2) is 40.9 Å². The van der Waals surface area contributed by atoms with Gasteiger partial charge in [0.15, 0.2) is 0 Å². The molecule has 0 radical (unpaired) electrons. The van der Waals surface area contributed by atoms with Crippen LogP contribution in [0.15, 0.2) is 18.2 Å². The van der Waals surface area contributed by atoms with Crippen LogP contribution in [0, 0.1) is 11.3 Å². The molecule has 1 aromatic rings. The highest BCUT2D eigenvalue weighted by Gasteiger charge is 2.48.